The first-order valence-corrected chi connectivity index (χ1v) is 9.34. The van der Waals surface area contributed by atoms with Gasteiger partial charge in [0.2, 0.25) is 0 Å². The molecule has 0 radical (unpaired) electrons. The highest BCUT2D eigenvalue weighted by Gasteiger charge is 2.22. The number of benzene rings is 1. The normalized spacial score (nSPS) is 16.5. The molecular weight excluding hydrogens is 328 g/mol. The van der Waals surface area contributed by atoms with Crippen LogP contribution in [0.15, 0.2) is 40.9 Å². The summed E-state index contributed by atoms with van der Waals surface area (Å²) in [5, 5.41) is 7.05. The molecule has 3 rings (SSSR count). The van der Waals surface area contributed by atoms with E-state index in [1.807, 2.05) is 24.0 Å². The minimum Gasteiger partial charge on any atom is -0.360 e. The Labute approximate surface area is 155 Å². The van der Waals surface area contributed by atoms with Crippen molar-refractivity contribution in [3.05, 3.63) is 53.4 Å². The van der Waals surface area contributed by atoms with Crippen LogP contribution in [0.4, 0.5) is 4.79 Å². The Balaban J connectivity index is 1.37. The first kappa shape index (κ1) is 18.5. The monoisotopic (exact) mass is 356 g/mol. The number of nitrogens with one attached hydrogen (secondary N) is 1. The van der Waals surface area contributed by atoms with E-state index in [4.69, 9.17) is 4.52 Å². The second-order valence-electron chi connectivity index (χ2n) is 7.07. The molecule has 1 saturated heterocycles. The van der Waals surface area contributed by atoms with Crippen LogP contribution in [0.2, 0.25) is 0 Å². The van der Waals surface area contributed by atoms with Gasteiger partial charge in [0.15, 0.2) is 5.76 Å². The maximum atomic E-state index is 12.5. The summed E-state index contributed by atoms with van der Waals surface area (Å²) in [4.78, 5) is 16.7. The third-order valence-corrected chi connectivity index (χ3v) is 4.79. The first-order chi connectivity index (χ1) is 12.6. The summed E-state index contributed by atoms with van der Waals surface area (Å²) >= 11 is 0. The average molecular weight is 356 g/mol. The molecule has 6 nitrogen and oxygen atoms in total. The summed E-state index contributed by atoms with van der Waals surface area (Å²) in [5.74, 6) is 0.884. The molecular formula is C20H28N4O2. The number of carbonyl (C=O) groups excluding carboxylic acids is 1. The Morgan fingerprint density at radius 2 is 1.96 bits per heavy atom. The van der Waals surface area contributed by atoms with E-state index < -0.39 is 0 Å². The predicted octanol–water partition coefficient (Wildman–Crippen LogP) is 2.83. The predicted molar refractivity (Wildman–Crippen MR) is 101 cm³/mol. The summed E-state index contributed by atoms with van der Waals surface area (Å²) in [6.07, 6.45) is 1.92. The van der Waals surface area contributed by atoms with Crippen LogP contribution in [0.5, 0.6) is 0 Å². The zero-order valence-corrected chi connectivity index (χ0v) is 15.6. The SMILES string of the molecule is Cc1cc(CN2CCN(C(=O)NC(C)CCc3ccccc3)CC2)on1. The zero-order valence-electron chi connectivity index (χ0n) is 15.6. The van der Waals surface area contributed by atoms with Gasteiger partial charge in [0, 0.05) is 38.3 Å². The largest absolute Gasteiger partial charge is 0.360 e. The number of hydrogen-bond donors (Lipinski definition) is 1. The van der Waals surface area contributed by atoms with Crippen molar-refractivity contribution in [2.45, 2.75) is 39.3 Å². The van der Waals surface area contributed by atoms with Gasteiger partial charge < -0.3 is 14.7 Å². The van der Waals surface area contributed by atoms with Crippen molar-refractivity contribution in [1.82, 2.24) is 20.3 Å². The Hall–Kier alpha value is -2.34. The molecule has 0 saturated carbocycles. The number of carbonyl (C=O) groups is 1. The molecule has 2 aromatic rings. The first-order valence-electron chi connectivity index (χ1n) is 9.34. The van der Waals surface area contributed by atoms with Gasteiger partial charge in [-0.1, -0.05) is 35.5 Å². The van der Waals surface area contributed by atoms with Crippen LogP contribution >= 0.6 is 0 Å². The Bertz CT molecular complexity index is 693. The number of piperazine rings is 1. The molecule has 2 heterocycles. The minimum atomic E-state index is 0.0423. The molecule has 26 heavy (non-hydrogen) atoms. The van der Waals surface area contributed by atoms with Crippen molar-refractivity contribution < 1.29 is 9.32 Å². The quantitative estimate of drug-likeness (QED) is 0.865. The average Bonchev–Trinajstić information content (AvgIpc) is 3.06. The molecule has 1 aromatic carbocycles. The highest BCUT2D eigenvalue weighted by atomic mass is 16.5. The summed E-state index contributed by atoms with van der Waals surface area (Å²) < 4.78 is 5.27. The topological polar surface area (TPSA) is 61.6 Å². The molecule has 1 N–H and O–H groups in total. The molecule has 1 aliphatic rings. The van der Waals surface area contributed by atoms with Crippen LogP contribution in [0.3, 0.4) is 0 Å². The standard InChI is InChI=1S/C20H28N4O2/c1-16(8-9-18-6-4-3-5-7-18)21-20(25)24-12-10-23(11-13-24)15-19-14-17(2)22-26-19/h3-7,14,16H,8-13,15H2,1-2H3,(H,21,25). The van der Waals surface area contributed by atoms with Crippen molar-refractivity contribution in [2.75, 3.05) is 26.2 Å². The van der Waals surface area contributed by atoms with Crippen molar-refractivity contribution in [1.29, 1.82) is 0 Å². The number of urea groups is 1. The van der Waals surface area contributed by atoms with Crippen molar-refractivity contribution in [3.8, 4) is 0 Å². The minimum absolute atomic E-state index is 0.0423. The Morgan fingerprint density at radius 1 is 1.23 bits per heavy atom. The van der Waals surface area contributed by atoms with E-state index in [2.05, 4.69) is 46.6 Å². The van der Waals surface area contributed by atoms with Gasteiger partial charge in [0.1, 0.15) is 0 Å². The fourth-order valence-electron chi connectivity index (χ4n) is 3.22. The molecule has 1 aliphatic heterocycles. The number of amides is 2. The van der Waals surface area contributed by atoms with E-state index in [0.717, 1.165) is 57.0 Å². The van der Waals surface area contributed by atoms with Crippen LogP contribution < -0.4 is 5.32 Å². The lowest BCUT2D eigenvalue weighted by Crippen LogP contribution is -2.52. The maximum Gasteiger partial charge on any atom is 0.317 e. The van der Waals surface area contributed by atoms with Gasteiger partial charge in [0.05, 0.1) is 12.2 Å². The summed E-state index contributed by atoms with van der Waals surface area (Å²) in [6.45, 7) is 7.94. The highest BCUT2D eigenvalue weighted by Crippen LogP contribution is 2.10. The van der Waals surface area contributed by atoms with Crippen molar-refractivity contribution >= 4 is 6.03 Å². The van der Waals surface area contributed by atoms with Crippen molar-refractivity contribution in [3.63, 3.8) is 0 Å². The summed E-state index contributed by atoms with van der Waals surface area (Å²) in [7, 11) is 0. The molecule has 2 amide bonds. The number of nitrogens with zero attached hydrogens (tertiary/aromatic N) is 3. The van der Waals surface area contributed by atoms with Crippen LogP contribution in [0.25, 0.3) is 0 Å². The zero-order chi connectivity index (χ0) is 18.4. The third kappa shape index (κ3) is 5.33. The molecule has 140 valence electrons. The number of rotatable bonds is 6. The highest BCUT2D eigenvalue weighted by molar-refractivity contribution is 5.74. The third-order valence-electron chi connectivity index (χ3n) is 4.79. The number of hydrogen-bond acceptors (Lipinski definition) is 4. The van der Waals surface area contributed by atoms with Gasteiger partial charge in [-0.15, -0.1) is 0 Å². The summed E-state index contributed by atoms with van der Waals surface area (Å²) in [6, 6.07) is 12.6. The van der Waals surface area contributed by atoms with Crippen LogP contribution in [0.1, 0.15) is 30.4 Å². The van der Waals surface area contributed by atoms with E-state index >= 15 is 0 Å². The lowest BCUT2D eigenvalue weighted by atomic mass is 10.1. The molecule has 1 atom stereocenters. The van der Waals surface area contributed by atoms with E-state index in [9.17, 15) is 4.79 Å². The van der Waals surface area contributed by atoms with Gasteiger partial charge in [-0.05, 0) is 32.3 Å². The van der Waals surface area contributed by atoms with E-state index in [-0.39, 0.29) is 12.1 Å². The van der Waals surface area contributed by atoms with Gasteiger partial charge in [0.25, 0.3) is 0 Å². The second-order valence-corrected chi connectivity index (χ2v) is 7.07. The fourth-order valence-corrected chi connectivity index (χ4v) is 3.22. The number of aryl methyl sites for hydroxylation is 2. The molecule has 1 unspecified atom stereocenters. The second kappa shape index (κ2) is 8.85. The molecule has 0 spiro atoms. The molecule has 0 bridgehead atoms. The molecule has 1 aromatic heterocycles. The summed E-state index contributed by atoms with van der Waals surface area (Å²) in [5.41, 5.74) is 2.22. The fraction of sp³-hybridized carbons (Fsp3) is 0.500. The number of aromatic nitrogens is 1. The van der Waals surface area contributed by atoms with Crippen LogP contribution in [-0.4, -0.2) is 53.2 Å². The van der Waals surface area contributed by atoms with Crippen LogP contribution in [-0.2, 0) is 13.0 Å². The van der Waals surface area contributed by atoms with Gasteiger partial charge in [-0.3, -0.25) is 4.90 Å². The lowest BCUT2D eigenvalue weighted by molar-refractivity contribution is 0.126. The Kier molecular flexibility index (Phi) is 6.28. The van der Waals surface area contributed by atoms with Gasteiger partial charge >= 0.3 is 6.03 Å². The maximum absolute atomic E-state index is 12.5. The van der Waals surface area contributed by atoms with E-state index in [0.29, 0.717) is 0 Å². The molecule has 0 aliphatic carbocycles. The van der Waals surface area contributed by atoms with E-state index in [1.54, 1.807) is 0 Å². The van der Waals surface area contributed by atoms with E-state index in [1.165, 1.54) is 5.56 Å². The smallest absolute Gasteiger partial charge is 0.317 e. The van der Waals surface area contributed by atoms with Gasteiger partial charge in [-0.25, -0.2) is 4.79 Å². The lowest BCUT2D eigenvalue weighted by Gasteiger charge is -2.34. The van der Waals surface area contributed by atoms with Crippen LogP contribution in [0, 0.1) is 6.92 Å². The van der Waals surface area contributed by atoms with Crippen molar-refractivity contribution in [2.24, 2.45) is 0 Å². The molecule has 1 fully saturated rings. The molecule has 6 heteroatoms. The Morgan fingerprint density at radius 3 is 2.62 bits per heavy atom. The van der Waals surface area contributed by atoms with Gasteiger partial charge in [-0.2, -0.15) is 0 Å².